The molecule has 4 amide bonds. The molecule has 2 aromatic rings. The molecule has 0 spiro atoms. The monoisotopic (exact) mass is 526 g/mol. The third-order valence-corrected chi connectivity index (χ3v) is 6.23. The second kappa shape index (κ2) is 10.7. The van der Waals surface area contributed by atoms with Gasteiger partial charge in [-0.05, 0) is 56.2 Å². The summed E-state index contributed by atoms with van der Waals surface area (Å²) in [7, 11) is 0. The van der Waals surface area contributed by atoms with Gasteiger partial charge in [-0.15, -0.1) is 0 Å². The Morgan fingerprint density at radius 1 is 1.16 bits per heavy atom. The van der Waals surface area contributed by atoms with E-state index in [1.807, 2.05) is 19.9 Å². The van der Waals surface area contributed by atoms with Crippen LogP contribution in [-0.2, 0) is 15.7 Å². The van der Waals surface area contributed by atoms with Crippen LogP contribution in [0.15, 0.2) is 59.8 Å². The summed E-state index contributed by atoms with van der Waals surface area (Å²) in [6.07, 6.45) is -4.58. The van der Waals surface area contributed by atoms with E-state index in [0.29, 0.717) is 11.1 Å². The van der Waals surface area contributed by atoms with Gasteiger partial charge < -0.3 is 10.1 Å². The maximum atomic E-state index is 13.9. The number of nitrogens with zero attached hydrogens (tertiary/aromatic N) is 3. The highest BCUT2D eigenvalue weighted by atomic mass is 19.4. The lowest BCUT2D eigenvalue weighted by atomic mass is 9.92. The molecule has 0 saturated carbocycles. The number of nitriles is 1. The van der Waals surface area contributed by atoms with Crippen LogP contribution >= 0.6 is 0 Å². The van der Waals surface area contributed by atoms with Gasteiger partial charge in [-0.1, -0.05) is 18.2 Å². The molecule has 0 aromatic heterocycles. The molecule has 0 radical (unpaired) electrons. The highest BCUT2D eigenvalue weighted by molar-refractivity contribution is 6.12. The van der Waals surface area contributed by atoms with Crippen LogP contribution in [0.25, 0.3) is 0 Å². The first-order valence-electron chi connectivity index (χ1n) is 12.0. The number of rotatable bonds is 6. The summed E-state index contributed by atoms with van der Waals surface area (Å²) in [4.78, 5) is 42.3. The number of hydrogen-bond donors (Lipinski definition) is 1. The van der Waals surface area contributed by atoms with Crippen molar-refractivity contribution in [3.05, 3.63) is 76.5 Å². The Morgan fingerprint density at radius 2 is 1.87 bits per heavy atom. The van der Waals surface area contributed by atoms with Crippen molar-refractivity contribution in [3.63, 3.8) is 0 Å². The van der Waals surface area contributed by atoms with Gasteiger partial charge in [0.05, 0.1) is 41.6 Å². The number of amides is 4. The van der Waals surface area contributed by atoms with E-state index >= 15 is 0 Å². The van der Waals surface area contributed by atoms with E-state index in [9.17, 15) is 32.8 Å². The van der Waals surface area contributed by atoms with Gasteiger partial charge >= 0.3 is 18.2 Å². The van der Waals surface area contributed by atoms with E-state index < -0.39 is 29.8 Å². The SMILES string of the molecule is CC(C)OCCNC(=O)N1C(=O)N(c2cccc(C(F)(F)F)c2)C2=C(C(=O)CC2)C1c1ccc(C#N)cc1. The Balaban J connectivity index is 1.82. The molecule has 1 heterocycles. The summed E-state index contributed by atoms with van der Waals surface area (Å²) in [6.45, 7) is 3.87. The normalized spacial score (nSPS) is 17.7. The Morgan fingerprint density at radius 3 is 2.50 bits per heavy atom. The van der Waals surface area contributed by atoms with E-state index in [-0.39, 0.29) is 54.8 Å². The van der Waals surface area contributed by atoms with Crippen molar-refractivity contribution in [1.29, 1.82) is 5.26 Å². The van der Waals surface area contributed by atoms with Crippen LogP contribution in [0, 0.1) is 11.3 Å². The van der Waals surface area contributed by atoms with E-state index in [2.05, 4.69) is 5.32 Å². The van der Waals surface area contributed by atoms with E-state index in [0.717, 1.165) is 21.9 Å². The van der Waals surface area contributed by atoms with Gasteiger partial charge in [0.15, 0.2) is 5.78 Å². The van der Waals surface area contributed by atoms with E-state index in [4.69, 9.17) is 4.74 Å². The minimum Gasteiger partial charge on any atom is -0.377 e. The van der Waals surface area contributed by atoms with Crippen LogP contribution in [-0.4, -0.2) is 42.0 Å². The van der Waals surface area contributed by atoms with Crippen LogP contribution < -0.4 is 10.2 Å². The molecule has 0 fully saturated rings. The number of ether oxygens (including phenoxy) is 1. The summed E-state index contributed by atoms with van der Waals surface area (Å²) in [5.74, 6) is -0.320. The number of hydrogen-bond acceptors (Lipinski definition) is 5. The van der Waals surface area contributed by atoms with Crippen LogP contribution in [0.1, 0.15) is 49.4 Å². The number of benzene rings is 2. The predicted octanol–water partition coefficient (Wildman–Crippen LogP) is 5.31. The first kappa shape index (κ1) is 26.9. The molecule has 0 saturated heterocycles. The average Bonchev–Trinajstić information content (AvgIpc) is 3.26. The van der Waals surface area contributed by atoms with Crippen LogP contribution in [0.4, 0.5) is 28.4 Å². The molecular weight excluding hydrogens is 501 g/mol. The Hall–Kier alpha value is -4.17. The summed E-state index contributed by atoms with van der Waals surface area (Å²) in [5.41, 5.74) is 0.0883. The number of carbonyl (C=O) groups is 3. The number of nitrogens with one attached hydrogen (secondary N) is 1. The van der Waals surface area contributed by atoms with Gasteiger partial charge in [0.2, 0.25) is 0 Å². The summed E-state index contributed by atoms with van der Waals surface area (Å²) in [5, 5.41) is 11.8. The van der Waals surface area contributed by atoms with Crippen LogP contribution in [0.2, 0.25) is 0 Å². The molecule has 2 aromatic carbocycles. The number of halogens is 3. The lowest BCUT2D eigenvalue weighted by Crippen LogP contribution is -2.55. The van der Waals surface area contributed by atoms with Crippen molar-refractivity contribution in [2.75, 3.05) is 18.1 Å². The number of carbonyl (C=O) groups excluding carboxylic acids is 3. The predicted molar refractivity (Wildman–Crippen MR) is 131 cm³/mol. The number of allylic oxidation sites excluding steroid dienone is 1. The molecule has 1 N–H and O–H groups in total. The summed E-state index contributed by atoms with van der Waals surface area (Å²) in [6, 6.07) is 9.46. The van der Waals surface area contributed by atoms with Crippen LogP contribution in [0.5, 0.6) is 0 Å². The lowest BCUT2D eigenvalue weighted by molar-refractivity contribution is -0.137. The quantitative estimate of drug-likeness (QED) is 0.514. The highest BCUT2D eigenvalue weighted by Gasteiger charge is 2.48. The van der Waals surface area contributed by atoms with Gasteiger partial charge in [0.1, 0.15) is 0 Å². The van der Waals surface area contributed by atoms with Crippen molar-refractivity contribution in [3.8, 4) is 6.07 Å². The van der Waals surface area contributed by atoms with Crippen molar-refractivity contribution >= 4 is 23.5 Å². The molecule has 1 aliphatic carbocycles. The molecule has 1 aliphatic heterocycles. The molecule has 0 bridgehead atoms. The van der Waals surface area contributed by atoms with Crippen molar-refractivity contribution in [2.45, 2.75) is 45.0 Å². The third kappa shape index (κ3) is 5.26. The topological polar surface area (TPSA) is 103 Å². The third-order valence-electron chi connectivity index (χ3n) is 6.23. The molecule has 198 valence electrons. The van der Waals surface area contributed by atoms with Gasteiger partial charge in [-0.25, -0.2) is 14.5 Å². The molecular formula is C27H25F3N4O4. The maximum Gasteiger partial charge on any atom is 0.416 e. The molecule has 8 nitrogen and oxygen atoms in total. The number of imide groups is 1. The summed E-state index contributed by atoms with van der Waals surface area (Å²) >= 11 is 0. The van der Waals surface area contributed by atoms with Gasteiger partial charge in [0.25, 0.3) is 0 Å². The highest BCUT2D eigenvalue weighted by Crippen LogP contribution is 2.45. The molecule has 1 unspecified atom stereocenters. The van der Waals surface area contributed by atoms with Crippen molar-refractivity contribution in [1.82, 2.24) is 10.2 Å². The number of anilines is 1. The van der Waals surface area contributed by atoms with Crippen molar-refractivity contribution < 1.29 is 32.3 Å². The Bertz CT molecular complexity index is 1330. The maximum absolute atomic E-state index is 13.9. The summed E-state index contributed by atoms with van der Waals surface area (Å²) < 4.78 is 45.8. The number of urea groups is 2. The minimum atomic E-state index is -4.66. The zero-order valence-electron chi connectivity index (χ0n) is 20.7. The zero-order valence-corrected chi connectivity index (χ0v) is 20.7. The van der Waals surface area contributed by atoms with E-state index in [1.165, 1.54) is 24.3 Å². The fourth-order valence-corrected chi connectivity index (χ4v) is 4.55. The largest absolute Gasteiger partial charge is 0.416 e. The first-order chi connectivity index (χ1) is 18.0. The number of ketones is 1. The molecule has 11 heteroatoms. The lowest BCUT2D eigenvalue weighted by Gasteiger charge is -2.41. The molecule has 2 aliphatic rings. The molecule has 4 rings (SSSR count). The zero-order chi connectivity index (χ0) is 27.6. The van der Waals surface area contributed by atoms with Crippen molar-refractivity contribution in [2.24, 2.45) is 0 Å². The minimum absolute atomic E-state index is 0.0396. The van der Waals surface area contributed by atoms with Gasteiger partial charge in [-0.3, -0.25) is 9.69 Å². The molecule has 38 heavy (non-hydrogen) atoms. The standard InChI is InChI=1S/C27H25F3N4O4/c1-16(2)38-13-12-32-25(36)34-24(18-8-6-17(15-31)7-9-18)23-21(10-11-22(23)35)33(26(34)37)20-5-3-4-19(14-20)27(28,29)30/h3-9,14,16,24H,10-13H2,1-2H3,(H,32,36). The van der Waals surface area contributed by atoms with Gasteiger partial charge in [0, 0.05) is 24.2 Å². The second-order valence-electron chi connectivity index (χ2n) is 9.11. The Labute approximate surface area is 217 Å². The fourth-order valence-electron chi connectivity index (χ4n) is 4.55. The fraction of sp³-hybridized carbons (Fsp3) is 0.333. The van der Waals surface area contributed by atoms with Crippen LogP contribution in [0.3, 0.4) is 0 Å². The first-order valence-corrected chi connectivity index (χ1v) is 12.0. The average molecular weight is 527 g/mol. The number of alkyl halides is 3. The van der Waals surface area contributed by atoms with Gasteiger partial charge in [-0.2, -0.15) is 18.4 Å². The molecule has 1 atom stereocenters. The van der Waals surface area contributed by atoms with E-state index in [1.54, 1.807) is 12.1 Å². The second-order valence-corrected chi connectivity index (χ2v) is 9.11. The Kier molecular flexibility index (Phi) is 7.55. The smallest absolute Gasteiger partial charge is 0.377 e. The number of Topliss-reactive ketones (excluding diaryl/α,β-unsaturated/α-hetero) is 1.